The number of hydrogen-bond acceptors (Lipinski definition) is 5. The van der Waals surface area contributed by atoms with E-state index in [2.05, 4.69) is 15.8 Å². The Labute approximate surface area is 206 Å². The molecule has 0 aliphatic heterocycles. The predicted molar refractivity (Wildman–Crippen MR) is 132 cm³/mol. The van der Waals surface area contributed by atoms with Crippen LogP contribution in [0, 0.1) is 13.8 Å². The van der Waals surface area contributed by atoms with E-state index in [1.807, 2.05) is 30.5 Å². The topological polar surface area (TPSA) is 102 Å². The molecular weight excluding hydrogens is 479 g/mol. The molecule has 2 amide bonds. The zero-order chi connectivity index (χ0) is 24.8. The summed E-state index contributed by atoms with van der Waals surface area (Å²) in [5, 5.41) is 7.37. The minimum atomic E-state index is -0.944. The molecule has 2 aromatic carbocycles. The molecule has 10 heteroatoms. The summed E-state index contributed by atoms with van der Waals surface area (Å²) in [6.45, 7) is 5.76. The van der Waals surface area contributed by atoms with E-state index in [9.17, 15) is 14.4 Å². The van der Waals surface area contributed by atoms with Gasteiger partial charge in [0.05, 0.1) is 29.1 Å². The summed E-state index contributed by atoms with van der Waals surface area (Å²) in [5.74, 6) is -2.31. The third-order valence-electron chi connectivity index (χ3n) is 4.85. The fourth-order valence-corrected chi connectivity index (χ4v) is 3.75. The Balaban J connectivity index is 1.63. The number of aromatic nitrogens is 1. The number of amides is 2. The highest BCUT2D eigenvalue weighted by atomic mass is 35.5. The van der Waals surface area contributed by atoms with E-state index in [0.29, 0.717) is 21.3 Å². The monoisotopic (exact) mass is 500 g/mol. The van der Waals surface area contributed by atoms with E-state index in [4.69, 9.17) is 27.9 Å². The van der Waals surface area contributed by atoms with Crippen molar-refractivity contribution in [3.63, 3.8) is 0 Å². The van der Waals surface area contributed by atoms with Crippen molar-refractivity contribution in [2.24, 2.45) is 5.10 Å². The number of aryl methyl sites for hydroxylation is 1. The minimum Gasteiger partial charge on any atom is -0.462 e. The van der Waals surface area contributed by atoms with Crippen molar-refractivity contribution < 1.29 is 19.1 Å². The maximum absolute atomic E-state index is 12.1. The lowest BCUT2D eigenvalue weighted by molar-refractivity contribution is -0.136. The molecule has 8 nitrogen and oxygen atoms in total. The molecule has 0 unspecified atom stereocenters. The number of esters is 1. The van der Waals surface area contributed by atoms with Crippen LogP contribution in [0.25, 0.3) is 5.69 Å². The van der Waals surface area contributed by atoms with Crippen LogP contribution >= 0.6 is 23.2 Å². The van der Waals surface area contributed by atoms with Gasteiger partial charge in [0.2, 0.25) is 0 Å². The number of anilines is 1. The van der Waals surface area contributed by atoms with Gasteiger partial charge < -0.3 is 14.6 Å². The molecule has 0 aliphatic rings. The number of nitrogens with zero attached hydrogens (tertiary/aromatic N) is 2. The maximum Gasteiger partial charge on any atom is 0.338 e. The SMILES string of the molecule is CCOC(=O)c1ccc(NC(=O)C(=O)NN=Cc2cc(C)n(-c3ccc(Cl)cc3Cl)c2C)cc1. The second-order valence-electron chi connectivity index (χ2n) is 7.21. The van der Waals surface area contributed by atoms with Gasteiger partial charge in [-0.25, -0.2) is 10.2 Å². The molecule has 0 saturated heterocycles. The van der Waals surface area contributed by atoms with Crippen LogP contribution in [0.1, 0.15) is 34.2 Å². The van der Waals surface area contributed by atoms with E-state index in [0.717, 1.165) is 22.6 Å². The minimum absolute atomic E-state index is 0.261. The zero-order valence-corrected chi connectivity index (χ0v) is 20.2. The van der Waals surface area contributed by atoms with E-state index in [1.54, 1.807) is 19.1 Å². The van der Waals surface area contributed by atoms with Gasteiger partial charge in [-0.1, -0.05) is 23.2 Å². The van der Waals surface area contributed by atoms with Gasteiger partial charge in [0, 0.05) is 27.7 Å². The van der Waals surface area contributed by atoms with Gasteiger partial charge in [-0.2, -0.15) is 5.10 Å². The number of carbonyl (C=O) groups is 3. The number of ether oxygens (including phenoxy) is 1. The Hall–Kier alpha value is -3.62. The average molecular weight is 501 g/mol. The van der Waals surface area contributed by atoms with Crippen LogP contribution in [0.5, 0.6) is 0 Å². The van der Waals surface area contributed by atoms with Crippen LogP contribution in [0.4, 0.5) is 5.69 Å². The van der Waals surface area contributed by atoms with Crippen LogP contribution in [-0.2, 0) is 14.3 Å². The Morgan fingerprint density at radius 1 is 1.03 bits per heavy atom. The molecule has 3 aromatic rings. The molecule has 176 valence electrons. The summed E-state index contributed by atoms with van der Waals surface area (Å²) in [4.78, 5) is 35.9. The summed E-state index contributed by atoms with van der Waals surface area (Å²) in [5.41, 5.74) is 6.13. The maximum atomic E-state index is 12.1. The number of halogens is 2. The normalized spacial score (nSPS) is 10.9. The molecule has 0 radical (unpaired) electrons. The van der Waals surface area contributed by atoms with Crippen LogP contribution in [0.3, 0.4) is 0 Å². The van der Waals surface area contributed by atoms with Gasteiger partial charge in [0.25, 0.3) is 0 Å². The molecule has 0 fully saturated rings. The molecule has 2 N–H and O–H groups in total. The van der Waals surface area contributed by atoms with Crippen molar-refractivity contribution >= 4 is 52.9 Å². The van der Waals surface area contributed by atoms with E-state index < -0.39 is 17.8 Å². The van der Waals surface area contributed by atoms with Crippen LogP contribution < -0.4 is 10.7 Å². The smallest absolute Gasteiger partial charge is 0.338 e. The first-order valence-corrected chi connectivity index (χ1v) is 11.0. The summed E-state index contributed by atoms with van der Waals surface area (Å²) in [6.07, 6.45) is 1.45. The van der Waals surface area contributed by atoms with Gasteiger partial charge in [0.1, 0.15) is 0 Å². The van der Waals surface area contributed by atoms with Crippen LogP contribution in [0.15, 0.2) is 53.6 Å². The van der Waals surface area contributed by atoms with Crippen molar-refractivity contribution in [1.82, 2.24) is 9.99 Å². The molecule has 0 aliphatic carbocycles. The number of hydrazone groups is 1. The van der Waals surface area contributed by atoms with Gasteiger partial charge >= 0.3 is 17.8 Å². The quantitative estimate of drug-likeness (QED) is 0.222. The number of carbonyl (C=O) groups excluding carboxylic acids is 3. The van der Waals surface area contributed by atoms with Crippen molar-refractivity contribution in [3.05, 3.63) is 81.1 Å². The lowest BCUT2D eigenvalue weighted by Crippen LogP contribution is -2.32. The Bertz CT molecular complexity index is 1270. The average Bonchev–Trinajstić information content (AvgIpc) is 3.07. The van der Waals surface area contributed by atoms with Crippen molar-refractivity contribution in [2.75, 3.05) is 11.9 Å². The van der Waals surface area contributed by atoms with Crippen LogP contribution in [0.2, 0.25) is 10.0 Å². The fourth-order valence-electron chi connectivity index (χ4n) is 3.25. The molecule has 0 bridgehead atoms. The number of nitrogens with one attached hydrogen (secondary N) is 2. The Morgan fingerprint density at radius 3 is 2.38 bits per heavy atom. The van der Waals surface area contributed by atoms with Crippen LogP contribution in [-0.4, -0.2) is 35.2 Å². The second kappa shape index (κ2) is 11.0. The number of hydrogen-bond donors (Lipinski definition) is 2. The number of benzene rings is 2. The highest BCUT2D eigenvalue weighted by molar-refractivity contribution is 6.39. The Morgan fingerprint density at radius 2 is 1.74 bits per heavy atom. The van der Waals surface area contributed by atoms with E-state index in [-0.39, 0.29) is 6.61 Å². The number of rotatable bonds is 6. The predicted octanol–water partition coefficient (Wildman–Crippen LogP) is 4.67. The lowest BCUT2D eigenvalue weighted by atomic mass is 10.2. The van der Waals surface area contributed by atoms with Crippen molar-refractivity contribution in [1.29, 1.82) is 0 Å². The summed E-state index contributed by atoms with van der Waals surface area (Å²) >= 11 is 12.3. The Kier molecular flexibility index (Phi) is 8.09. The summed E-state index contributed by atoms with van der Waals surface area (Å²) < 4.78 is 6.84. The third kappa shape index (κ3) is 5.84. The van der Waals surface area contributed by atoms with E-state index >= 15 is 0 Å². The highest BCUT2D eigenvalue weighted by Gasteiger charge is 2.15. The first-order chi connectivity index (χ1) is 16.2. The molecule has 0 atom stereocenters. The van der Waals surface area contributed by atoms with E-state index in [1.165, 1.54) is 30.5 Å². The molecule has 1 heterocycles. The molecule has 0 spiro atoms. The molecular formula is C24H22Cl2N4O4. The summed E-state index contributed by atoms with van der Waals surface area (Å²) in [7, 11) is 0. The van der Waals surface area contributed by atoms with Crippen molar-refractivity contribution in [2.45, 2.75) is 20.8 Å². The van der Waals surface area contributed by atoms with Gasteiger partial charge in [-0.15, -0.1) is 0 Å². The second-order valence-corrected chi connectivity index (χ2v) is 8.05. The fraction of sp³-hybridized carbons (Fsp3) is 0.167. The lowest BCUT2D eigenvalue weighted by Gasteiger charge is -2.11. The standard InChI is InChI=1S/C24H22Cl2N4O4/c1-4-34-24(33)16-5-8-19(9-6-16)28-22(31)23(32)29-27-13-17-11-14(2)30(15(17)3)21-10-7-18(25)12-20(21)26/h5-13H,4H2,1-3H3,(H,28,31)(H,29,32). The third-order valence-corrected chi connectivity index (χ3v) is 5.39. The zero-order valence-electron chi connectivity index (χ0n) is 18.7. The largest absolute Gasteiger partial charge is 0.462 e. The molecule has 34 heavy (non-hydrogen) atoms. The summed E-state index contributed by atoms with van der Waals surface area (Å²) in [6, 6.07) is 13.1. The molecule has 0 saturated carbocycles. The highest BCUT2D eigenvalue weighted by Crippen LogP contribution is 2.28. The van der Waals surface area contributed by atoms with Gasteiger partial charge in [0.15, 0.2) is 0 Å². The first-order valence-electron chi connectivity index (χ1n) is 10.3. The molecule has 3 rings (SSSR count). The van der Waals surface area contributed by atoms with Gasteiger partial charge in [-0.05, 0) is 69.3 Å². The van der Waals surface area contributed by atoms with Crippen molar-refractivity contribution in [3.8, 4) is 5.69 Å². The van der Waals surface area contributed by atoms with Gasteiger partial charge in [-0.3, -0.25) is 9.59 Å². The first kappa shape index (κ1) is 25.0. The molecule has 1 aromatic heterocycles.